The summed E-state index contributed by atoms with van der Waals surface area (Å²) in [4.78, 5) is 32.3. The van der Waals surface area contributed by atoms with Crippen LogP contribution >= 0.6 is 11.6 Å². The molecule has 0 aliphatic carbocycles. The highest BCUT2D eigenvalue weighted by Crippen LogP contribution is 2.23. The van der Waals surface area contributed by atoms with E-state index < -0.39 is 16.3 Å². The Kier molecular flexibility index (Phi) is 4.04. The van der Waals surface area contributed by atoms with Crippen molar-refractivity contribution in [3.63, 3.8) is 0 Å². The number of halogens is 1. The van der Waals surface area contributed by atoms with Crippen LogP contribution in [0.5, 0.6) is 0 Å². The highest BCUT2D eigenvalue weighted by Gasteiger charge is 2.11. The number of aromatic carboxylic acids is 1. The second-order valence-corrected chi connectivity index (χ2v) is 4.64. The molecule has 1 aromatic heterocycles. The van der Waals surface area contributed by atoms with Crippen LogP contribution in [0.3, 0.4) is 0 Å². The quantitative estimate of drug-likeness (QED) is 0.688. The van der Waals surface area contributed by atoms with Gasteiger partial charge in [0.1, 0.15) is 5.56 Å². The Morgan fingerprint density at radius 2 is 2.10 bits per heavy atom. The normalized spacial score (nSPS) is 10.3. The summed E-state index contributed by atoms with van der Waals surface area (Å²) in [6.07, 6.45) is 2.62. The first-order valence-corrected chi connectivity index (χ1v) is 6.12. The van der Waals surface area contributed by atoms with Crippen LogP contribution in [0.2, 0.25) is 5.02 Å². The van der Waals surface area contributed by atoms with E-state index in [9.17, 15) is 19.7 Å². The van der Waals surface area contributed by atoms with Crippen LogP contribution in [0.25, 0.3) is 0 Å². The number of aromatic nitrogens is 1. The van der Waals surface area contributed by atoms with Gasteiger partial charge in [0.25, 0.3) is 5.69 Å². The molecule has 0 saturated carbocycles. The van der Waals surface area contributed by atoms with E-state index in [2.05, 4.69) is 0 Å². The SMILES string of the molecule is O=C(O)c1cn(Cc2ccc([N+](=O)[O-])cc2Cl)ccc1=O. The van der Waals surface area contributed by atoms with Crippen LogP contribution in [-0.2, 0) is 6.54 Å². The Balaban J connectivity index is 2.34. The Bertz CT molecular complexity index is 784. The Morgan fingerprint density at radius 1 is 1.38 bits per heavy atom. The molecule has 0 fully saturated rings. The second kappa shape index (κ2) is 5.76. The van der Waals surface area contributed by atoms with Crippen molar-refractivity contribution < 1.29 is 14.8 Å². The number of benzene rings is 1. The topological polar surface area (TPSA) is 102 Å². The van der Waals surface area contributed by atoms with Gasteiger partial charge < -0.3 is 9.67 Å². The van der Waals surface area contributed by atoms with Crippen molar-refractivity contribution in [2.24, 2.45) is 0 Å². The highest BCUT2D eigenvalue weighted by molar-refractivity contribution is 6.31. The van der Waals surface area contributed by atoms with E-state index in [-0.39, 0.29) is 22.8 Å². The molecule has 0 bridgehead atoms. The lowest BCUT2D eigenvalue weighted by Crippen LogP contribution is -2.16. The first kappa shape index (κ1) is 14.7. The number of rotatable bonds is 4. The Morgan fingerprint density at radius 3 is 2.67 bits per heavy atom. The van der Waals surface area contributed by atoms with Crippen LogP contribution < -0.4 is 5.43 Å². The molecule has 108 valence electrons. The highest BCUT2D eigenvalue weighted by atomic mass is 35.5. The largest absolute Gasteiger partial charge is 0.477 e. The predicted octanol–water partition coefficient (Wildman–Crippen LogP) is 2.16. The zero-order valence-corrected chi connectivity index (χ0v) is 11.3. The predicted molar refractivity (Wildman–Crippen MR) is 74.9 cm³/mol. The average molecular weight is 309 g/mol. The molecule has 0 radical (unpaired) electrons. The van der Waals surface area contributed by atoms with Gasteiger partial charge in [0.05, 0.1) is 9.95 Å². The molecule has 1 aromatic carbocycles. The number of carboxylic acids is 1. The molecule has 0 saturated heterocycles. The number of hydrogen-bond acceptors (Lipinski definition) is 4. The standard InChI is InChI=1S/C13H9ClN2O5/c14-11-5-9(16(20)21)2-1-8(11)6-15-4-3-12(17)10(7-15)13(18)19/h1-5,7H,6H2,(H,18,19). The fourth-order valence-electron chi connectivity index (χ4n) is 1.76. The lowest BCUT2D eigenvalue weighted by Gasteiger charge is -2.08. The van der Waals surface area contributed by atoms with Crippen LogP contribution in [0.1, 0.15) is 15.9 Å². The minimum atomic E-state index is -1.32. The summed E-state index contributed by atoms with van der Waals surface area (Å²) in [6.45, 7) is 0.192. The van der Waals surface area contributed by atoms with Crippen LogP contribution in [0.4, 0.5) is 5.69 Å². The number of pyridine rings is 1. The molecule has 0 aliphatic heterocycles. The van der Waals surface area contributed by atoms with Gasteiger partial charge in [-0.05, 0) is 11.6 Å². The molecule has 7 nitrogen and oxygen atoms in total. The van der Waals surface area contributed by atoms with E-state index in [4.69, 9.17) is 16.7 Å². The lowest BCUT2D eigenvalue weighted by atomic mass is 10.2. The van der Waals surface area contributed by atoms with Gasteiger partial charge in [0.2, 0.25) is 0 Å². The zero-order chi connectivity index (χ0) is 15.6. The van der Waals surface area contributed by atoms with Gasteiger partial charge in [-0.15, -0.1) is 0 Å². The van der Waals surface area contributed by atoms with Crippen molar-refractivity contribution in [1.82, 2.24) is 4.57 Å². The van der Waals surface area contributed by atoms with Crippen LogP contribution in [0, 0.1) is 10.1 Å². The van der Waals surface area contributed by atoms with Gasteiger partial charge in [-0.3, -0.25) is 14.9 Å². The summed E-state index contributed by atoms with van der Waals surface area (Å²) < 4.78 is 1.47. The number of nitro groups is 1. The maximum Gasteiger partial charge on any atom is 0.341 e. The second-order valence-electron chi connectivity index (χ2n) is 4.23. The van der Waals surface area contributed by atoms with Crippen molar-refractivity contribution in [3.05, 3.63) is 73.1 Å². The molecule has 0 amide bonds. The van der Waals surface area contributed by atoms with E-state index >= 15 is 0 Å². The Hall–Kier alpha value is -2.67. The van der Waals surface area contributed by atoms with Crippen molar-refractivity contribution in [2.45, 2.75) is 6.54 Å². The fourth-order valence-corrected chi connectivity index (χ4v) is 1.99. The summed E-state index contributed by atoms with van der Waals surface area (Å²) in [5.74, 6) is -1.32. The van der Waals surface area contributed by atoms with Gasteiger partial charge >= 0.3 is 5.97 Å². The Labute approximate surface area is 123 Å². The van der Waals surface area contributed by atoms with Gasteiger partial charge in [0, 0.05) is 37.1 Å². The van der Waals surface area contributed by atoms with Crippen molar-refractivity contribution >= 4 is 23.3 Å². The summed E-state index contributed by atoms with van der Waals surface area (Å²) in [6, 6.07) is 5.15. The number of nitro benzene ring substituents is 1. The average Bonchev–Trinajstić information content (AvgIpc) is 2.42. The zero-order valence-electron chi connectivity index (χ0n) is 10.5. The van der Waals surface area contributed by atoms with Crippen molar-refractivity contribution in [1.29, 1.82) is 0 Å². The minimum absolute atomic E-state index is 0.130. The number of carboxylic acid groups (broad SMARTS) is 1. The first-order chi connectivity index (χ1) is 9.88. The molecule has 8 heteroatoms. The summed E-state index contributed by atoms with van der Waals surface area (Å²) >= 11 is 5.96. The van der Waals surface area contributed by atoms with Crippen LogP contribution in [0.15, 0.2) is 41.5 Å². The van der Waals surface area contributed by atoms with Gasteiger partial charge in [-0.25, -0.2) is 4.79 Å². The van der Waals surface area contributed by atoms with Crippen LogP contribution in [-0.4, -0.2) is 20.6 Å². The molecule has 1 heterocycles. The number of carbonyl (C=O) groups is 1. The summed E-state index contributed by atoms with van der Waals surface area (Å²) in [7, 11) is 0. The molecule has 0 spiro atoms. The van der Waals surface area contributed by atoms with Crippen molar-refractivity contribution in [2.75, 3.05) is 0 Å². The first-order valence-electron chi connectivity index (χ1n) is 5.74. The molecular weight excluding hydrogens is 300 g/mol. The van der Waals surface area contributed by atoms with E-state index in [1.165, 1.54) is 35.2 Å². The number of nitrogens with zero attached hydrogens (tertiary/aromatic N) is 2. The summed E-state index contributed by atoms with van der Waals surface area (Å²) in [5, 5.41) is 19.7. The molecule has 2 rings (SSSR count). The number of hydrogen-bond donors (Lipinski definition) is 1. The molecule has 0 unspecified atom stereocenters. The fraction of sp³-hybridized carbons (Fsp3) is 0.0769. The third-order valence-electron chi connectivity index (χ3n) is 2.81. The number of non-ortho nitro benzene ring substituents is 1. The molecule has 0 aliphatic rings. The van der Waals surface area contributed by atoms with Gasteiger partial charge in [-0.2, -0.15) is 0 Å². The maximum absolute atomic E-state index is 11.4. The van der Waals surface area contributed by atoms with Gasteiger partial charge in [0.15, 0.2) is 5.43 Å². The molecule has 2 aromatic rings. The van der Waals surface area contributed by atoms with E-state index in [0.29, 0.717) is 5.56 Å². The molecule has 21 heavy (non-hydrogen) atoms. The third kappa shape index (κ3) is 3.26. The maximum atomic E-state index is 11.4. The van der Waals surface area contributed by atoms with E-state index in [1.807, 2.05) is 0 Å². The van der Waals surface area contributed by atoms with Gasteiger partial charge in [-0.1, -0.05) is 11.6 Å². The molecular formula is C13H9ClN2O5. The molecule has 0 atom stereocenters. The van der Waals surface area contributed by atoms with Crippen molar-refractivity contribution in [3.8, 4) is 0 Å². The van der Waals surface area contributed by atoms with E-state index in [0.717, 1.165) is 6.07 Å². The lowest BCUT2D eigenvalue weighted by molar-refractivity contribution is -0.384. The smallest absolute Gasteiger partial charge is 0.341 e. The van der Waals surface area contributed by atoms with E-state index in [1.54, 1.807) is 0 Å². The molecule has 1 N–H and O–H groups in total. The summed E-state index contributed by atoms with van der Waals surface area (Å²) in [5.41, 5.74) is -0.499. The monoisotopic (exact) mass is 308 g/mol. The minimum Gasteiger partial charge on any atom is -0.477 e. The third-order valence-corrected chi connectivity index (χ3v) is 3.16.